The summed E-state index contributed by atoms with van der Waals surface area (Å²) in [4.78, 5) is 4.19. The van der Waals surface area contributed by atoms with Gasteiger partial charge < -0.3 is 9.47 Å². The van der Waals surface area contributed by atoms with Gasteiger partial charge in [-0.05, 0) is 19.1 Å². The minimum Gasteiger partial charge on any atom is -0.490 e. The first kappa shape index (κ1) is 13.7. The summed E-state index contributed by atoms with van der Waals surface area (Å²) in [5.41, 5.74) is 1.81. The standard InChI is InChI=1S/C15H16ClNO2/c1-12-9-15(13(10-16)11-17-12)19-8-7-18-14-5-3-2-4-6-14/h2-6,9,11H,7-8,10H2,1H3. The average Bonchev–Trinajstić information content (AvgIpc) is 2.45. The van der Waals surface area contributed by atoms with E-state index < -0.39 is 0 Å². The van der Waals surface area contributed by atoms with Crippen LogP contribution in [0.4, 0.5) is 0 Å². The molecule has 100 valence electrons. The molecule has 0 atom stereocenters. The molecule has 2 aromatic rings. The Morgan fingerprint density at radius 1 is 1.11 bits per heavy atom. The minimum atomic E-state index is 0.391. The lowest BCUT2D eigenvalue weighted by Crippen LogP contribution is -2.10. The van der Waals surface area contributed by atoms with Crippen molar-refractivity contribution < 1.29 is 9.47 Å². The molecular formula is C15H16ClNO2. The molecule has 19 heavy (non-hydrogen) atoms. The third-order valence-electron chi connectivity index (χ3n) is 2.58. The third-order valence-corrected chi connectivity index (χ3v) is 2.87. The maximum absolute atomic E-state index is 5.84. The summed E-state index contributed by atoms with van der Waals surface area (Å²) < 4.78 is 11.2. The summed E-state index contributed by atoms with van der Waals surface area (Å²) in [6.07, 6.45) is 1.75. The van der Waals surface area contributed by atoms with Gasteiger partial charge in [-0.25, -0.2) is 0 Å². The van der Waals surface area contributed by atoms with Crippen molar-refractivity contribution in [3.05, 3.63) is 53.9 Å². The van der Waals surface area contributed by atoms with E-state index in [2.05, 4.69) is 4.98 Å². The predicted molar refractivity (Wildman–Crippen MR) is 76.0 cm³/mol. The average molecular weight is 278 g/mol. The number of aryl methyl sites for hydroxylation is 1. The van der Waals surface area contributed by atoms with E-state index in [4.69, 9.17) is 21.1 Å². The van der Waals surface area contributed by atoms with Crippen LogP contribution in [0.3, 0.4) is 0 Å². The van der Waals surface area contributed by atoms with Gasteiger partial charge in [0.05, 0.1) is 5.88 Å². The zero-order valence-corrected chi connectivity index (χ0v) is 11.6. The lowest BCUT2D eigenvalue weighted by atomic mass is 10.2. The highest BCUT2D eigenvalue weighted by Crippen LogP contribution is 2.20. The summed E-state index contributed by atoms with van der Waals surface area (Å²) in [5.74, 6) is 2.01. The van der Waals surface area contributed by atoms with E-state index in [1.54, 1.807) is 6.20 Å². The van der Waals surface area contributed by atoms with Crippen molar-refractivity contribution in [1.82, 2.24) is 4.98 Å². The SMILES string of the molecule is Cc1cc(OCCOc2ccccc2)c(CCl)cn1. The lowest BCUT2D eigenvalue weighted by molar-refractivity contribution is 0.216. The van der Waals surface area contributed by atoms with Crippen LogP contribution in [0.25, 0.3) is 0 Å². The van der Waals surface area contributed by atoms with E-state index in [9.17, 15) is 0 Å². The smallest absolute Gasteiger partial charge is 0.127 e. The van der Waals surface area contributed by atoms with Gasteiger partial charge in [0.1, 0.15) is 24.7 Å². The third kappa shape index (κ3) is 4.14. The van der Waals surface area contributed by atoms with Gasteiger partial charge in [0.25, 0.3) is 0 Å². The molecule has 0 fully saturated rings. The number of alkyl halides is 1. The first-order valence-corrected chi connectivity index (χ1v) is 6.65. The second-order valence-corrected chi connectivity index (χ2v) is 4.34. The van der Waals surface area contributed by atoms with Gasteiger partial charge in [-0.15, -0.1) is 11.6 Å². The number of para-hydroxylation sites is 1. The summed E-state index contributed by atoms with van der Waals surface area (Å²) in [6, 6.07) is 11.6. The van der Waals surface area contributed by atoms with E-state index in [0.717, 1.165) is 22.8 Å². The van der Waals surface area contributed by atoms with Crippen LogP contribution < -0.4 is 9.47 Å². The normalized spacial score (nSPS) is 10.2. The van der Waals surface area contributed by atoms with Crippen LogP contribution in [0.5, 0.6) is 11.5 Å². The Morgan fingerprint density at radius 3 is 2.58 bits per heavy atom. The van der Waals surface area contributed by atoms with Gasteiger partial charge >= 0.3 is 0 Å². The monoisotopic (exact) mass is 277 g/mol. The van der Waals surface area contributed by atoms with Gasteiger partial charge in [0.15, 0.2) is 0 Å². The quantitative estimate of drug-likeness (QED) is 0.597. The van der Waals surface area contributed by atoms with Crippen LogP contribution in [0, 0.1) is 6.92 Å². The van der Waals surface area contributed by atoms with Crippen molar-refractivity contribution in [3.63, 3.8) is 0 Å². The number of hydrogen-bond acceptors (Lipinski definition) is 3. The number of aromatic nitrogens is 1. The molecule has 3 nitrogen and oxygen atoms in total. The first-order valence-electron chi connectivity index (χ1n) is 6.11. The number of benzene rings is 1. The number of nitrogens with zero attached hydrogens (tertiary/aromatic N) is 1. The molecule has 0 saturated carbocycles. The van der Waals surface area contributed by atoms with Crippen molar-refractivity contribution in [3.8, 4) is 11.5 Å². The number of ether oxygens (including phenoxy) is 2. The molecule has 0 N–H and O–H groups in total. The maximum atomic E-state index is 5.84. The molecule has 2 rings (SSSR count). The van der Waals surface area contributed by atoms with E-state index >= 15 is 0 Å². The van der Waals surface area contributed by atoms with Crippen LogP contribution in [0.15, 0.2) is 42.6 Å². The van der Waals surface area contributed by atoms with Crippen LogP contribution in [0.2, 0.25) is 0 Å². The lowest BCUT2D eigenvalue weighted by Gasteiger charge is -2.11. The highest BCUT2D eigenvalue weighted by Gasteiger charge is 2.04. The van der Waals surface area contributed by atoms with E-state index in [-0.39, 0.29) is 0 Å². The second-order valence-electron chi connectivity index (χ2n) is 4.08. The van der Waals surface area contributed by atoms with E-state index in [1.807, 2.05) is 43.3 Å². The molecular weight excluding hydrogens is 262 g/mol. The van der Waals surface area contributed by atoms with Crippen LogP contribution in [-0.4, -0.2) is 18.2 Å². The van der Waals surface area contributed by atoms with Gasteiger partial charge in [-0.3, -0.25) is 4.98 Å². The summed E-state index contributed by atoms with van der Waals surface area (Å²) in [7, 11) is 0. The fraction of sp³-hybridized carbons (Fsp3) is 0.267. The molecule has 0 radical (unpaired) electrons. The van der Waals surface area contributed by atoms with Crippen LogP contribution in [0.1, 0.15) is 11.3 Å². The molecule has 1 aromatic carbocycles. The molecule has 0 aliphatic carbocycles. The second kappa shape index (κ2) is 7.00. The van der Waals surface area contributed by atoms with Crippen molar-refractivity contribution >= 4 is 11.6 Å². The molecule has 0 saturated heterocycles. The van der Waals surface area contributed by atoms with Crippen molar-refractivity contribution in [2.45, 2.75) is 12.8 Å². The van der Waals surface area contributed by atoms with Crippen LogP contribution in [-0.2, 0) is 5.88 Å². The molecule has 0 bridgehead atoms. The summed E-state index contributed by atoms with van der Waals surface area (Å²) in [6.45, 7) is 2.89. The van der Waals surface area contributed by atoms with Gasteiger partial charge in [-0.2, -0.15) is 0 Å². The van der Waals surface area contributed by atoms with E-state index in [1.165, 1.54) is 0 Å². The number of rotatable bonds is 6. The Labute approximate surface area is 118 Å². The summed E-state index contributed by atoms with van der Waals surface area (Å²) in [5, 5.41) is 0. The molecule has 0 aliphatic rings. The van der Waals surface area contributed by atoms with Gasteiger partial charge in [0, 0.05) is 23.5 Å². The van der Waals surface area contributed by atoms with Crippen LogP contribution >= 0.6 is 11.6 Å². The van der Waals surface area contributed by atoms with Gasteiger partial charge in [-0.1, -0.05) is 18.2 Å². The fourth-order valence-electron chi connectivity index (χ4n) is 1.63. The van der Waals surface area contributed by atoms with E-state index in [0.29, 0.717) is 19.1 Å². The molecule has 0 amide bonds. The Bertz CT molecular complexity index is 517. The zero-order valence-electron chi connectivity index (χ0n) is 10.8. The van der Waals surface area contributed by atoms with Crippen molar-refractivity contribution in [1.29, 1.82) is 0 Å². The molecule has 0 aliphatic heterocycles. The van der Waals surface area contributed by atoms with Crippen molar-refractivity contribution in [2.75, 3.05) is 13.2 Å². The van der Waals surface area contributed by atoms with Gasteiger partial charge in [0.2, 0.25) is 0 Å². The molecule has 4 heteroatoms. The molecule has 0 spiro atoms. The number of halogens is 1. The zero-order chi connectivity index (χ0) is 13.5. The fourth-order valence-corrected chi connectivity index (χ4v) is 1.83. The Morgan fingerprint density at radius 2 is 1.84 bits per heavy atom. The summed E-state index contributed by atoms with van der Waals surface area (Å²) >= 11 is 5.84. The Kier molecular flexibility index (Phi) is 5.04. The Balaban J connectivity index is 1.84. The topological polar surface area (TPSA) is 31.4 Å². The first-order chi connectivity index (χ1) is 9.29. The Hall–Kier alpha value is -1.74. The molecule has 0 unspecified atom stereocenters. The minimum absolute atomic E-state index is 0.391. The predicted octanol–water partition coefficient (Wildman–Crippen LogP) is 3.59. The number of pyridine rings is 1. The maximum Gasteiger partial charge on any atom is 0.127 e. The highest BCUT2D eigenvalue weighted by atomic mass is 35.5. The number of hydrogen-bond donors (Lipinski definition) is 0. The molecule has 1 aromatic heterocycles. The molecule has 1 heterocycles. The largest absolute Gasteiger partial charge is 0.490 e. The highest BCUT2D eigenvalue weighted by molar-refractivity contribution is 6.17. The van der Waals surface area contributed by atoms with Crippen molar-refractivity contribution in [2.24, 2.45) is 0 Å².